The molecule has 8 heteroatoms. The van der Waals surface area contributed by atoms with E-state index in [1.165, 1.54) is 12.3 Å². The summed E-state index contributed by atoms with van der Waals surface area (Å²) in [7, 11) is 0. The Morgan fingerprint density at radius 2 is 1.78 bits per heavy atom. The monoisotopic (exact) mass is 335 g/mol. The molecule has 0 radical (unpaired) electrons. The van der Waals surface area contributed by atoms with Crippen molar-refractivity contribution in [1.29, 1.82) is 0 Å². The summed E-state index contributed by atoms with van der Waals surface area (Å²) in [6.45, 7) is 0.104. The van der Waals surface area contributed by atoms with Gasteiger partial charge in [0.15, 0.2) is 5.76 Å². The summed E-state index contributed by atoms with van der Waals surface area (Å²) in [5, 5.41) is 2.90. The van der Waals surface area contributed by atoms with Gasteiger partial charge in [0.25, 0.3) is 5.91 Å². The molecule has 1 heterocycles. The van der Waals surface area contributed by atoms with Gasteiger partial charge in [-0.25, -0.2) is 0 Å². The second-order valence-electron chi connectivity index (χ2n) is 4.47. The molecule has 120 valence electrons. The van der Waals surface area contributed by atoms with Crippen LogP contribution in [0.3, 0.4) is 0 Å². The predicted octanol–water partition coefficient (Wildman–Crippen LogP) is 1.51. The van der Waals surface area contributed by atoms with Gasteiger partial charge in [0.2, 0.25) is 5.91 Å². The Labute approximate surface area is 137 Å². The molecule has 2 rings (SSSR count). The first-order valence-corrected chi connectivity index (χ1v) is 7.11. The Hall–Kier alpha value is -2.80. The van der Waals surface area contributed by atoms with E-state index in [9.17, 15) is 14.4 Å². The van der Waals surface area contributed by atoms with E-state index in [1.54, 1.807) is 30.3 Å². The van der Waals surface area contributed by atoms with Gasteiger partial charge in [-0.3, -0.25) is 25.2 Å². The molecule has 0 fully saturated rings. The summed E-state index contributed by atoms with van der Waals surface area (Å²) in [5.41, 5.74) is 4.75. The number of halogens is 1. The van der Waals surface area contributed by atoms with Crippen molar-refractivity contribution in [3.8, 4) is 0 Å². The normalized spacial score (nSPS) is 9.96. The summed E-state index contributed by atoms with van der Waals surface area (Å²) in [6.07, 6.45) is 1.34. The number of hydrogen-bond donors (Lipinski definition) is 3. The Bertz CT molecular complexity index is 701. The van der Waals surface area contributed by atoms with Crippen LogP contribution in [-0.4, -0.2) is 24.3 Å². The van der Waals surface area contributed by atoms with Gasteiger partial charge >= 0.3 is 5.91 Å². The number of rotatable bonds is 5. The average molecular weight is 336 g/mol. The SMILES string of the molecule is O=C(CCNC(=O)c1ccccc1Cl)NNC(=O)c1ccco1. The molecule has 0 bridgehead atoms. The lowest BCUT2D eigenvalue weighted by atomic mass is 10.2. The highest BCUT2D eigenvalue weighted by Gasteiger charge is 2.11. The molecule has 0 saturated carbocycles. The minimum Gasteiger partial charge on any atom is -0.459 e. The molecule has 0 saturated heterocycles. The maximum atomic E-state index is 11.9. The van der Waals surface area contributed by atoms with E-state index >= 15 is 0 Å². The highest BCUT2D eigenvalue weighted by molar-refractivity contribution is 6.33. The molecule has 0 atom stereocenters. The second kappa shape index (κ2) is 8.00. The predicted molar refractivity (Wildman–Crippen MR) is 82.7 cm³/mol. The topological polar surface area (TPSA) is 100 Å². The summed E-state index contributed by atoms with van der Waals surface area (Å²) in [6, 6.07) is 9.62. The van der Waals surface area contributed by atoms with Crippen molar-refractivity contribution in [2.75, 3.05) is 6.54 Å². The van der Waals surface area contributed by atoms with E-state index in [-0.39, 0.29) is 24.6 Å². The zero-order valence-electron chi connectivity index (χ0n) is 12.0. The van der Waals surface area contributed by atoms with Crippen molar-refractivity contribution in [3.63, 3.8) is 0 Å². The molecule has 2 aromatic rings. The van der Waals surface area contributed by atoms with E-state index in [4.69, 9.17) is 16.0 Å². The fraction of sp³-hybridized carbons (Fsp3) is 0.133. The van der Waals surface area contributed by atoms with Crippen LogP contribution in [0.1, 0.15) is 27.3 Å². The number of amides is 3. The Kier molecular flexibility index (Phi) is 5.76. The minimum absolute atomic E-state index is 0.00533. The third kappa shape index (κ3) is 4.86. The standard InChI is InChI=1S/C15H14ClN3O4/c16-11-5-2-1-4-10(11)14(21)17-8-7-13(20)18-19-15(22)12-6-3-9-23-12/h1-6,9H,7-8H2,(H,17,21)(H,18,20)(H,19,22). The maximum absolute atomic E-state index is 11.9. The van der Waals surface area contributed by atoms with E-state index in [2.05, 4.69) is 16.2 Å². The summed E-state index contributed by atoms with van der Waals surface area (Å²) < 4.78 is 4.87. The molecule has 0 aliphatic rings. The van der Waals surface area contributed by atoms with Gasteiger partial charge < -0.3 is 9.73 Å². The van der Waals surface area contributed by atoms with Crippen LogP contribution in [0.25, 0.3) is 0 Å². The molecule has 7 nitrogen and oxygen atoms in total. The van der Waals surface area contributed by atoms with Gasteiger partial charge in [-0.2, -0.15) is 0 Å². The lowest BCUT2D eigenvalue weighted by Crippen LogP contribution is -2.42. The van der Waals surface area contributed by atoms with Crippen molar-refractivity contribution in [2.45, 2.75) is 6.42 Å². The first kappa shape index (κ1) is 16.6. The molecule has 3 amide bonds. The molecular formula is C15H14ClN3O4. The molecule has 23 heavy (non-hydrogen) atoms. The third-order valence-corrected chi connectivity index (χ3v) is 3.15. The smallest absolute Gasteiger partial charge is 0.305 e. The maximum Gasteiger partial charge on any atom is 0.305 e. The molecule has 1 aromatic heterocycles. The van der Waals surface area contributed by atoms with Crippen LogP contribution in [0, 0.1) is 0 Å². The van der Waals surface area contributed by atoms with Crippen LogP contribution in [0.2, 0.25) is 5.02 Å². The summed E-state index contributed by atoms with van der Waals surface area (Å²) in [5.74, 6) is -1.31. The van der Waals surface area contributed by atoms with E-state index < -0.39 is 11.8 Å². The number of furan rings is 1. The fourth-order valence-electron chi connectivity index (χ4n) is 1.69. The number of carbonyl (C=O) groups is 3. The quantitative estimate of drug-likeness (QED) is 0.721. The Morgan fingerprint density at radius 1 is 1.00 bits per heavy atom. The van der Waals surface area contributed by atoms with Crippen LogP contribution in [0.4, 0.5) is 0 Å². The Balaban J connectivity index is 1.70. The van der Waals surface area contributed by atoms with Gasteiger partial charge in [0.05, 0.1) is 16.8 Å². The van der Waals surface area contributed by atoms with Gasteiger partial charge in [-0.15, -0.1) is 0 Å². The van der Waals surface area contributed by atoms with Gasteiger partial charge in [-0.1, -0.05) is 23.7 Å². The molecule has 0 spiro atoms. The number of hydrazine groups is 1. The zero-order valence-corrected chi connectivity index (χ0v) is 12.7. The van der Waals surface area contributed by atoms with E-state index in [0.29, 0.717) is 10.6 Å². The number of hydrogen-bond acceptors (Lipinski definition) is 4. The molecule has 0 aliphatic heterocycles. The number of nitrogens with one attached hydrogen (secondary N) is 3. The van der Waals surface area contributed by atoms with Crippen molar-refractivity contribution in [1.82, 2.24) is 16.2 Å². The fourth-order valence-corrected chi connectivity index (χ4v) is 1.91. The van der Waals surface area contributed by atoms with E-state index in [1.807, 2.05) is 0 Å². The molecular weight excluding hydrogens is 322 g/mol. The van der Waals surface area contributed by atoms with Crippen LogP contribution in [0.15, 0.2) is 47.1 Å². The molecule has 3 N–H and O–H groups in total. The lowest BCUT2D eigenvalue weighted by Gasteiger charge is -2.08. The van der Waals surface area contributed by atoms with Crippen molar-refractivity contribution in [3.05, 3.63) is 59.0 Å². The van der Waals surface area contributed by atoms with Gasteiger partial charge in [0.1, 0.15) is 0 Å². The zero-order chi connectivity index (χ0) is 16.7. The third-order valence-electron chi connectivity index (χ3n) is 2.82. The number of benzene rings is 1. The van der Waals surface area contributed by atoms with Crippen molar-refractivity contribution in [2.24, 2.45) is 0 Å². The first-order chi connectivity index (χ1) is 11.1. The molecule has 0 unspecified atom stereocenters. The highest BCUT2D eigenvalue weighted by atomic mass is 35.5. The van der Waals surface area contributed by atoms with Crippen LogP contribution in [-0.2, 0) is 4.79 Å². The average Bonchev–Trinajstić information content (AvgIpc) is 3.07. The highest BCUT2D eigenvalue weighted by Crippen LogP contribution is 2.14. The lowest BCUT2D eigenvalue weighted by molar-refractivity contribution is -0.121. The molecule has 1 aromatic carbocycles. The summed E-state index contributed by atoms with van der Waals surface area (Å²) >= 11 is 5.90. The van der Waals surface area contributed by atoms with Gasteiger partial charge in [-0.05, 0) is 24.3 Å². The number of carbonyl (C=O) groups excluding carboxylic acids is 3. The largest absolute Gasteiger partial charge is 0.459 e. The van der Waals surface area contributed by atoms with Crippen molar-refractivity contribution < 1.29 is 18.8 Å². The minimum atomic E-state index is -0.566. The first-order valence-electron chi connectivity index (χ1n) is 6.73. The molecule has 0 aliphatic carbocycles. The van der Waals surface area contributed by atoms with E-state index in [0.717, 1.165) is 0 Å². The van der Waals surface area contributed by atoms with Crippen LogP contribution >= 0.6 is 11.6 Å². The Morgan fingerprint density at radius 3 is 2.48 bits per heavy atom. The van der Waals surface area contributed by atoms with Crippen LogP contribution in [0.5, 0.6) is 0 Å². The second-order valence-corrected chi connectivity index (χ2v) is 4.87. The summed E-state index contributed by atoms with van der Waals surface area (Å²) in [4.78, 5) is 34.9. The van der Waals surface area contributed by atoms with Crippen molar-refractivity contribution >= 4 is 29.3 Å². The van der Waals surface area contributed by atoms with Gasteiger partial charge in [0, 0.05) is 13.0 Å². The van der Waals surface area contributed by atoms with Crippen LogP contribution < -0.4 is 16.2 Å².